The Hall–Kier alpha value is -1.97. The Kier molecular flexibility index (Phi) is 2.92. The lowest BCUT2D eigenvalue weighted by Crippen LogP contribution is -2.17. The first-order valence-electron chi connectivity index (χ1n) is 6.42. The molecule has 3 rings (SSSR count). The predicted molar refractivity (Wildman–Crippen MR) is 74.4 cm³/mol. The average molecular weight is 242 g/mol. The van der Waals surface area contributed by atoms with Gasteiger partial charge in [0.15, 0.2) is 0 Å². The van der Waals surface area contributed by atoms with Crippen molar-refractivity contribution in [3.8, 4) is 0 Å². The first-order chi connectivity index (χ1) is 8.83. The van der Waals surface area contributed by atoms with Gasteiger partial charge in [-0.05, 0) is 37.1 Å². The fraction of sp³-hybridized carbons (Fsp3) is 0.357. The summed E-state index contributed by atoms with van der Waals surface area (Å²) in [6, 6.07) is 8.58. The summed E-state index contributed by atoms with van der Waals surface area (Å²) in [4.78, 5) is 6.69. The minimum atomic E-state index is 0.865. The smallest absolute Gasteiger partial charge is 0.207 e. The number of aryl methyl sites for hydroxylation is 1. The van der Waals surface area contributed by atoms with Crippen molar-refractivity contribution in [1.29, 1.82) is 0 Å². The molecule has 18 heavy (non-hydrogen) atoms. The van der Waals surface area contributed by atoms with E-state index in [0.29, 0.717) is 0 Å². The molecule has 0 spiro atoms. The zero-order valence-electron chi connectivity index (χ0n) is 10.6. The number of benzene rings is 1. The molecular weight excluding hydrogens is 224 g/mol. The molecular formula is C14H18N4. The van der Waals surface area contributed by atoms with Crippen LogP contribution >= 0.6 is 0 Å². The van der Waals surface area contributed by atoms with Gasteiger partial charge in [0, 0.05) is 43.9 Å². The van der Waals surface area contributed by atoms with E-state index < -0.39 is 0 Å². The Bertz CT molecular complexity index is 509. The van der Waals surface area contributed by atoms with E-state index in [1.54, 1.807) is 6.20 Å². The van der Waals surface area contributed by atoms with Gasteiger partial charge in [0.2, 0.25) is 5.95 Å². The number of hydrogen-bond acceptors (Lipinski definition) is 3. The van der Waals surface area contributed by atoms with Gasteiger partial charge in [-0.1, -0.05) is 0 Å². The predicted octanol–water partition coefficient (Wildman–Crippen LogP) is 2.76. The van der Waals surface area contributed by atoms with Crippen LogP contribution in [0.5, 0.6) is 0 Å². The maximum absolute atomic E-state index is 4.25. The lowest BCUT2D eigenvalue weighted by Gasteiger charge is -2.17. The maximum atomic E-state index is 4.25. The van der Waals surface area contributed by atoms with E-state index >= 15 is 0 Å². The largest absolute Gasteiger partial charge is 0.372 e. The summed E-state index contributed by atoms with van der Waals surface area (Å²) in [6.45, 7) is 2.37. The van der Waals surface area contributed by atoms with Crippen LogP contribution in [0.2, 0.25) is 0 Å². The summed E-state index contributed by atoms with van der Waals surface area (Å²) in [5.41, 5.74) is 2.39. The monoisotopic (exact) mass is 242 g/mol. The minimum absolute atomic E-state index is 0.865. The van der Waals surface area contributed by atoms with Gasteiger partial charge in [0.05, 0.1) is 0 Å². The van der Waals surface area contributed by atoms with Crippen molar-refractivity contribution in [2.45, 2.75) is 12.8 Å². The van der Waals surface area contributed by atoms with E-state index in [4.69, 9.17) is 0 Å². The van der Waals surface area contributed by atoms with Gasteiger partial charge in [-0.25, -0.2) is 4.98 Å². The third-order valence-electron chi connectivity index (χ3n) is 3.42. The van der Waals surface area contributed by atoms with Crippen molar-refractivity contribution in [2.24, 2.45) is 7.05 Å². The highest BCUT2D eigenvalue weighted by Crippen LogP contribution is 2.23. The molecule has 0 amide bonds. The molecule has 94 valence electrons. The van der Waals surface area contributed by atoms with Crippen LogP contribution in [-0.4, -0.2) is 22.6 Å². The van der Waals surface area contributed by atoms with Gasteiger partial charge >= 0.3 is 0 Å². The first kappa shape index (κ1) is 11.1. The van der Waals surface area contributed by atoms with Crippen LogP contribution in [-0.2, 0) is 7.05 Å². The van der Waals surface area contributed by atoms with Crippen LogP contribution in [0.25, 0.3) is 0 Å². The van der Waals surface area contributed by atoms with Crippen molar-refractivity contribution in [1.82, 2.24) is 9.55 Å². The summed E-state index contributed by atoms with van der Waals surface area (Å²) >= 11 is 0. The molecule has 2 aromatic rings. The lowest BCUT2D eigenvalue weighted by atomic mass is 10.2. The molecule has 0 unspecified atom stereocenters. The van der Waals surface area contributed by atoms with Crippen molar-refractivity contribution >= 4 is 17.3 Å². The lowest BCUT2D eigenvalue weighted by molar-refractivity contribution is 0.924. The fourth-order valence-corrected chi connectivity index (χ4v) is 2.35. The average Bonchev–Trinajstić information content (AvgIpc) is 3.03. The van der Waals surface area contributed by atoms with E-state index in [1.165, 1.54) is 31.6 Å². The van der Waals surface area contributed by atoms with E-state index in [9.17, 15) is 0 Å². The van der Waals surface area contributed by atoms with Gasteiger partial charge in [0.1, 0.15) is 0 Å². The summed E-state index contributed by atoms with van der Waals surface area (Å²) in [7, 11) is 1.98. The zero-order chi connectivity index (χ0) is 12.4. The molecule has 1 aromatic carbocycles. The standard InChI is InChI=1S/C14H18N4/c1-17-11-8-15-14(17)16-12-4-6-13(7-5-12)18-9-2-3-10-18/h4-8,11H,2-3,9-10H2,1H3,(H,15,16). The van der Waals surface area contributed by atoms with Crippen molar-refractivity contribution in [3.05, 3.63) is 36.7 Å². The SMILES string of the molecule is Cn1ccnc1Nc1ccc(N2CCCC2)cc1. The van der Waals surface area contributed by atoms with Crippen LogP contribution in [0.1, 0.15) is 12.8 Å². The van der Waals surface area contributed by atoms with Crippen LogP contribution < -0.4 is 10.2 Å². The third-order valence-corrected chi connectivity index (χ3v) is 3.42. The number of nitrogens with zero attached hydrogens (tertiary/aromatic N) is 3. The highest BCUT2D eigenvalue weighted by Gasteiger charge is 2.11. The molecule has 0 bridgehead atoms. The highest BCUT2D eigenvalue weighted by atomic mass is 15.2. The van der Waals surface area contributed by atoms with E-state index in [0.717, 1.165) is 11.6 Å². The molecule has 4 nitrogen and oxygen atoms in total. The number of hydrogen-bond donors (Lipinski definition) is 1. The molecule has 0 aliphatic carbocycles. The molecule has 1 fully saturated rings. The van der Waals surface area contributed by atoms with Gasteiger partial charge in [-0.15, -0.1) is 0 Å². The summed E-state index contributed by atoms with van der Waals surface area (Å²) in [5, 5.41) is 3.30. The molecule has 1 N–H and O–H groups in total. The van der Waals surface area contributed by atoms with E-state index in [2.05, 4.69) is 39.5 Å². The Morgan fingerprint density at radius 1 is 1.11 bits per heavy atom. The van der Waals surface area contributed by atoms with E-state index in [-0.39, 0.29) is 0 Å². The summed E-state index contributed by atoms with van der Waals surface area (Å²) in [5.74, 6) is 0.865. The molecule has 1 aliphatic rings. The molecule has 0 saturated carbocycles. The van der Waals surface area contributed by atoms with Gasteiger partial charge in [0.25, 0.3) is 0 Å². The Balaban J connectivity index is 1.73. The third kappa shape index (κ3) is 2.18. The quantitative estimate of drug-likeness (QED) is 0.898. The summed E-state index contributed by atoms with van der Waals surface area (Å²) in [6.07, 6.45) is 6.35. The molecule has 1 aromatic heterocycles. The van der Waals surface area contributed by atoms with Crippen LogP contribution in [0.15, 0.2) is 36.7 Å². The Labute approximate surface area is 107 Å². The molecule has 0 radical (unpaired) electrons. The molecule has 2 heterocycles. The van der Waals surface area contributed by atoms with Crippen molar-refractivity contribution in [3.63, 3.8) is 0 Å². The highest BCUT2D eigenvalue weighted by molar-refractivity contribution is 5.59. The molecule has 1 saturated heterocycles. The van der Waals surface area contributed by atoms with Crippen molar-refractivity contribution in [2.75, 3.05) is 23.3 Å². The van der Waals surface area contributed by atoms with Crippen molar-refractivity contribution < 1.29 is 0 Å². The molecule has 1 aliphatic heterocycles. The van der Waals surface area contributed by atoms with Crippen LogP contribution in [0.3, 0.4) is 0 Å². The normalized spacial score (nSPS) is 15.1. The fourth-order valence-electron chi connectivity index (χ4n) is 2.35. The summed E-state index contributed by atoms with van der Waals surface area (Å²) < 4.78 is 1.97. The zero-order valence-corrected chi connectivity index (χ0v) is 10.6. The molecule has 4 heteroatoms. The Morgan fingerprint density at radius 3 is 2.44 bits per heavy atom. The van der Waals surface area contributed by atoms with Crippen LogP contribution in [0, 0.1) is 0 Å². The number of anilines is 3. The minimum Gasteiger partial charge on any atom is -0.372 e. The van der Waals surface area contributed by atoms with Gasteiger partial charge in [-0.2, -0.15) is 0 Å². The number of rotatable bonds is 3. The van der Waals surface area contributed by atoms with Crippen LogP contribution in [0.4, 0.5) is 17.3 Å². The second-order valence-electron chi connectivity index (χ2n) is 4.73. The first-order valence-corrected chi connectivity index (χ1v) is 6.42. The number of imidazole rings is 1. The van der Waals surface area contributed by atoms with Gasteiger partial charge < -0.3 is 14.8 Å². The second kappa shape index (κ2) is 4.72. The van der Waals surface area contributed by atoms with Gasteiger partial charge in [-0.3, -0.25) is 0 Å². The van der Waals surface area contributed by atoms with E-state index in [1.807, 2.05) is 17.8 Å². The second-order valence-corrected chi connectivity index (χ2v) is 4.73. The topological polar surface area (TPSA) is 33.1 Å². The number of aromatic nitrogens is 2. The maximum Gasteiger partial charge on any atom is 0.207 e. The number of nitrogens with one attached hydrogen (secondary N) is 1. The Morgan fingerprint density at radius 2 is 1.83 bits per heavy atom. The molecule has 0 atom stereocenters.